The molecule has 1 aliphatic heterocycles. The molecule has 2 aromatic carbocycles. The number of ether oxygens (including phenoxy) is 1. The van der Waals surface area contributed by atoms with Crippen molar-refractivity contribution in [1.29, 1.82) is 0 Å². The van der Waals surface area contributed by atoms with E-state index in [2.05, 4.69) is 77.1 Å². The second kappa shape index (κ2) is 6.20. The Kier molecular flexibility index (Phi) is 4.32. The second-order valence-corrected chi connectivity index (χ2v) is 6.48. The number of fused-ring (bicyclic) bond motifs is 1. The Morgan fingerprint density at radius 1 is 1.19 bits per heavy atom. The maximum absolute atomic E-state index is 5.98. The zero-order valence-corrected chi connectivity index (χ0v) is 14.1. The SMILES string of the molecule is Cc1ccccc1N1CCOC(C)c2ccc(Br)cc2C1. The molecule has 0 bridgehead atoms. The minimum atomic E-state index is 0.159. The summed E-state index contributed by atoms with van der Waals surface area (Å²) >= 11 is 3.59. The van der Waals surface area contributed by atoms with E-state index >= 15 is 0 Å². The summed E-state index contributed by atoms with van der Waals surface area (Å²) in [7, 11) is 0. The molecule has 1 atom stereocenters. The summed E-state index contributed by atoms with van der Waals surface area (Å²) < 4.78 is 7.11. The normalized spacial score (nSPS) is 18.8. The highest BCUT2D eigenvalue weighted by molar-refractivity contribution is 9.10. The highest BCUT2D eigenvalue weighted by atomic mass is 79.9. The maximum Gasteiger partial charge on any atom is 0.0801 e. The van der Waals surface area contributed by atoms with Crippen molar-refractivity contribution in [2.75, 3.05) is 18.1 Å². The second-order valence-electron chi connectivity index (χ2n) is 5.56. The molecule has 0 saturated carbocycles. The summed E-state index contributed by atoms with van der Waals surface area (Å²) in [6.07, 6.45) is 0.159. The molecule has 3 rings (SSSR count). The molecule has 2 nitrogen and oxygen atoms in total. The van der Waals surface area contributed by atoms with Gasteiger partial charge < -0.3 is 9.64 Å². The Bertz CT molecular complexity index is 641. The number of halogens is 1. The van der Waals surface area contributed by atoms with Crippen LogP contribution in [0, 0.1) is 6.92 Å². The number of nitrogens with zero attached hydrogens (tertiary/aromatic N) is 1. The average Bonchev–Trinajstić information content (AvgIpc) is 2.45. The molecule has 3 heteroatoms. The van der Waals surface area contributed by atoms with Gasteiger partial charge in [-0.3, -0.25) is 0 Å². The molecule has 0 amide bonds. The molecular weight excluding hydrogens is 326 g/mol. The van der Waals surface area contributed by atoms with Crippen LogP contribution in [0.3, 0.4) is 0 Å². The fourth-order valence-corrected chi connectivity index (χ4v) is 3.35. The molecule has 0 fully saturated rings. The Morgan fingerprint density at radius 2 is 2.00 bits per heavy atom. The van der Waals surface area contributed by atoms with Gasteiger partial charge in [-0.25, -0.2) is 0 Å². The van der Waals surface area contributed by atoms with Gasteiger partial charge in [0.2, 0.25) is 0 Å². The van der Waals surface area contributed by atoms with Crippen molar-refractivity contribution in [3.05, 3.63) is 63.6 Å². The molecule has 110 valence electrons. The average molecular weight is 346 g/mol. The van der Waals surface area contributed by atoms with E-state index in [0.29, 0.717) is 0 Å². The smallest absolute Gasteiger partial charge is 0.0801 e. The first-order chi connectivity index (χ1) is 10.1. The van der Waals surface area contributed by atoms with Crippen LogP contribution in [0.25, 0.3) is 0 Å². The number of hydrogen-bond donors (Lipinski definition) is 0. The third kappa shape index (κ3) is 3.14. The first-order valence-electron chi connectivity index (χ1n) is 7.35. The highest BCUT2D eigenvalue weighted by Crippen LogP contribution is 2.30. The zero-order chi connectivity index (χ0) is 14.8. The maximum atomic E-state index is 5.98. The van der Waals surface area contributed by atoms with E-state index in [1.54, 1.807) is 0 Å². The van der Waals surface area contributed by atoms with Crippen molar-refractivity contribution in [3.63, 3.8) is 0 Å². The topological polar surface area (TPSA) is 12.5 Å². The lowest BCUT2D eigenvalue weighted by molar-refractivity contribution is 0.0672. The molecule has 0 spiro atoms. The van der Waals surface area contributed by atoms with Gasteiger partial charge in [0.1, 0.15) is 0 Å². The van der Waals surface area contributed by atoms with Gasteiger partial charge in [-0.05, 0) is 48.7 Å². The quantitative estimate of drug-likeness (QED) is 0.732. The lowest BCUT2D eigenvalue weighted by atomic mass is 10.0. The third-order valence-electron chi connectivity index (χ3n) is 4.09. The van der Waals surface area contributed by atoms with Crippen LogP contribution in [0.2, 0.25) is 0 Å². The van der Waals surface area contributed by atoms with Crippen molar-refractivity contribution < 1.29 is 4.74 Å². The summed E-state index contributed by atoms with van der Waals surface area (Å²) in [5, 5.41) is 0. The fourth-order valence-electron chi connectivity index (χ4n) is 2.95. The fraction of sp³-hybridized carbons (Fsp3) is 0.333. The molecule has 0 aromatic heterocycles. The van der Waals surface area contributed by atoms with Crippen LogP contribution in [-0.4, -0.2) is 13.2 Å². The van der Waals surface area contributed by atoms with E-state index in [1.807, 2.05) is 0 Å². The van der Waals surface area contributed by atoms with E-state index in [0.717, 1.165) is 24.2 Å². The minimum Gasteiger partial charge on any atom is -0.372 e. The van der Waals surface area contributed by atoms with Crippen LogP contribution in [0.5, 0.6) is 0 Å². The first kappa shape index (κ1) is 14.6. The predicted molar refractivity (Wildman–Crippen MR) is 90.7 cm³/mol. The number of aryl methyl sites for hydroxylation is 1. The van der Waals surface area contributed by atoms with Gasteiger partial charge >= 0.3 is 0 Å². The summed E-state index contributed by atoms with van der Waals surface area (Å²) in [5.74, 6) is 0. The first-order valence-corrected chi connectivity index (χ1v) is 8.15. The van der Waals surface area contributed by atoms with E-state index in [-0.39, 0.29) is 6.10 Å². The van der Waals surface area contributed by atoms with Crippen LogP contribution in [0.4, 0.5) is 5.69 Å². The van der Waals surface area contributed by atoms with Crippen molar-refractivity contribution >= 4 is 21.6 Å². The zero-order valence-electron chi connectivity index (χ0n) is 12.5. The molecule has 0 N–H and O–H groups in total. The van der Waals surface area contributed by atoms with E-state index in [9.17, 15) is 0 Å². The van der Waals surface area contributed by atoms with Crippen LogP contribution >= 0.6 is 15.9 Å². The minimum absolute atomic E-state index is 0.159. The van der Waals surface area contributed by atoms with Gasteiger partial charge in [0.25, 0.3) is 0 Å². The Morgan fingerprint density at radius 3 is 2.81 bits per heavy atom. The standard InChI is InChI=1S/C18H20BrNO/c1-13-5-3-4-6-18(13)20-9-10-21-14(2)17-8-7-16(19)11-15(17)12-20/h3-8,11,14H,9-10,12H2,1-2H3. The van der Waals surface area contributed by atoms with Gasteiger partial charge in [0, 0.05) is 23.2 Å². The number of rotatable bonds is 1. The lowest BCUT2D eigenvalue weighted by Crippen LogP contribution is -2.30. The molecule has 21 heavy (non-hydrogen) atoms. The van der Waals surface area contributed by atoms with Gasteiger partial charge in [0.05, 0.1) is 12.7 Å². The highest BCUT2D eigenvalue weighted by Gasteiger charge is 2.19. The van der Waals surface area contributed by atoms with E-state index in [1.165, 1.54) is 22.4 Å². The van der Waals surface area contributed by atoms with Crippen molar-refractivity contribution in [3.8, 4) is 0 Å². The van der Waals surface area contributed by atoms with Gasteiger partial charge in [-0.1, -0.05) is 40.2 Å². The molecule has 0 saturated heterocycles. The van der Waals surface area contributed by atoms with Crippen molar-refractivity contribution in [1.82, 2.24) is 0 Å². The van der Waals surface area contributed by atoms with Gasteiger partial charge in [-0.2, -0.15) is 0 Å². The number of para-hydroxylation sites is 1. The number of anilines is 1. The van der Waals surface area contributed by atoms with Crippen molar-refractivity contribution in [2.24, 2.45) is 0 Å². The summed E-state index contributed by atoms with van der Waals surface area (Å²) in [5.41, 5.74) is 5.22. The van der Waals surface area contributed by atoms with Gasteiger partial charge in [0.15, 0.2) is 0 Å². The molecule has 2 aromatic rings. The largest absolute Gasteiger partial charge is 0.372 e. The van der Waals surface area contributed by atoms with Gasteiger partial charge in [-0.15, -0.1) is 0 Å². The van der Waals surface area contributed by atoms with Crippen LogP contribution in [0.1, 0.15) is 29.7 Å². The van der Waals surface area contributed by atoms with Crippen LogP contribution in [0.15, 0.2) is 46.9 Å². The molecular formula is C18H20BrNO. The molecule has 0 radical (unpaired) electrons. The predicted octanol–water partition coefficient (Wildman–Crippen LogP) is 4.86. The number of hydrogen-bond acceptors (Lipinski definition) is 2. The Hall–Kier alpha value is -1.32. The summed E-state index contributed by atoms with van der Waals surface area (Å²) in [6, 6.07) is 15.0. The van der Waals surface area contributed by atoms with Crippen molar-refractivity contribution in [2.45, 2.75) is 26.5 Å². The van der Waals surface area contributed by atoms with Crippen LogP contribution < -0.4 is 4.90 Å². The Labute approximate surface area is 134 Å². The molecule has 1 aliphatic rings. The van der Waals surface area contributed by atoms with Crippen LogP contribution in [-0.2, 0) is 11.3 Å². The summed E-state index contributed by atoms with van der Waals surface area (Å²) in [4.78, 5) is 2.41. The molecule has 1 unspecified atom stereocenters. The lowest BCUT2D eigenvalue weighted by Gasteiger charge is -2.31. The number of benzene rings is 2. The summed E-state index contributed by atoms with van der Waals surface area (Å²) in [6.45, 7) is 6.90. The monoisotopic (exact) mass is 345 g/mol. The third-order valence-corrected chi connectivity index (χ3v) is 4.58. The van der Waals surface area contributed by atoms with E-state index in [4.69, 9.17) is 4.74 Å². The Balaban J connectivity index is 1.99. The molecule has 1 heterocycles. The van der Waals surface area contributed by atoms with E-state index < -0.39 is 0 Å². The molecule has 0 aliphatic carbocycles.